The fraction of sp³-hybridized carbons (Fsp3) is 0.286. The fourth-order valence-electron chi connectivity index (χ4n) is 4.04. The molecule has 38 heavy (non-hydrogen) atoms. The molecule has 8 nitrogen and oxygen atoms in total. The van der Waals surface area contributed by atoms with Gasteiger partial charge in [-0.2, -0.15) is 0 Å². The van der Waals surface area contributed by atoms with E-state index in [-0.39, 0.29) is 24.1 Å². The monoisotopic (exact) mass is 556 g/mol. The summed E-state index contributed by atoms with van der Waals surface area (Å²) in [6.07, 6.45) is 3.28. The normalized spacial score (nSPS) is 13.9. The molecule has 0 bridgehead atoms. The molecule has 4 rings (SSSR count). The molecular formula is C28H33ClN4O4S. The van der Waals surface area contributed by atoms with E-state index in [1.165, 1.54) is 0 Å². The molecule has 1 amide bonds. The summed E-state index contributed by atoms with van der Waals surface area (Å²) in [5.74, 6) is 1.09. The smallest absolute Gasteiger partial charge is 0.246 e. The largest absolute Gasteiger partial charge is 0.502 e. The predicted molar refractivity (Wildman–Crippen MR) is 157 cm³/mol. The van der Waals surface area contributed by atoms with E-state index in [4.69, 9.17) is 15.2 Å². The van der Waals surface area contributed by atoms with Crippen LogP contribution in [0.25, 0.3) is 6.08 Å². The summed E-state index contributed by atoms with van der Waals surface area (Å²) in [7, 11) is 0. The molecule has 10 heteroatoms. The summed E-state index contributed by atoms with van der Waals surface area (Å²) in [4.78, 5) is 22.4. The van der Waals surface area contributed by atoms with Crippen molar-refractivity contribution in [3.8, 4) is 17.2 Å². The van der Waals surface area contributed by atoms with Gasteiger partial charge in [-0.1, -0.05) is 6.07 Å². The summed E-state index contributed by atoms with van der Waals surface area (Å²) in [6.45, 7) is 7.23. The van der Waals surface area contributed by atoms with Crippen LogP contribution in [0.15, 0.2) is 65.0 Å². The SMILES string of the molecule is CCOc1cc(/C=C/C(=O)N2CCN(c3ccc(N=C(N)c4cccs4)cc3)CC2)cc(OCC)c1O.Cl. The first kappa shape index (κ1) is 28.9. The lowest BCUT2D eigenvalue weighted by molar-refractivity contribution is -0.126. The Morgan fingerprint density at radius 1 is 1.05 bits per heavy atom. The zero-order valence-electron chi connectivity index (χ0n) is 21.5. The highest BCUT2D eigenvalue weighted by Crippen LogP contribution is 2.38. The molecule has 2 aromatic carbocycles. The van der Waals surface area contributed by atoms with E-state index in [9.17, 15) is 9.90 Å². The number of thiophene rings is 1. The van der Waals surface area contributed by atoms with Crippen molar-refractivity contribution in [3.63, 3.8) is 0 Å². The molecule has 1 fully saturated rings. The summed E-state index contributed by atoms with van der Waals surface area (Å²) < 4.78 is 11.0. The number of amidine groups is 1. The third-order valence-corrected chi connectivity index (χ3v) is 6.80. The maximum Gasteiger partial charge on any atom is 0.246 e. The number of aliphatic imine (C=N–C) groups is 1. The Morgan fingerprint density at radius 2 is 1.68 bits per heavy atom. The average Bonchev–Trinajstić information content (AvgIpc) is 3.46. The Hall–Kier alpha value is -3.69. The van der Waals surface area contributed by atoms with E-state index in [1.54, 1.807) is 35.6 Å². The summed E-state index contributed by atoms with van der Waals surface area (Å²) >= 11 is 1.56. The van der Waals surface area contributed by atoms with E-state index in [2.05, 4.69) is 9.89 Å². The standard InChI is InChI=1S/C28H32N4O4S.ClH/c1-3-35-23-18-20(19-24(27(23)34)36-4-2)7-12-26(33)32-15-13-31(14-16-32)22-10-8-21(9-11-22)30-28(29)25-6-5-17-37-25;/h5-12,17-19,34H,3-4,13-16H2,1-2H3,(H2,29,30);1H/b12-7+;. The molecule has 0 radical (unpaired) electrons. The highest BCUT2D eigenvalue weighted by Gasteiger charge is 2.20. The molecule has 0 saturated carbocycles. The minimum absolute atomic E-state index is 0. The Kier molecular flexibility index (Phi) is 10.4. The number of amides is 1. The van der Waals surface area contributed by atoms with Gasteiger partial charge in [-0.15, -0.1) is 23.7 Å². The third-order valence-electron chi connectivity index (χ3n) is 5.91. The second kappa shape index (κ2) is 13.7. The van der Waals surface area contributed by atoms with Crippen LogP contribution in [0, 0.1) is 0 Å². The molecule has 1 aliphatic rings. The number of phenols is 1. The van der Waals surface area contributed by atoms with Gasteiger partial charge in [0.2, 0.25) is 11.7 Å². The quantitative estimate of drug-likeness (QED) is 0.217. The first-order chi connectivity index (χ1) is 18.0. The minimum Gasteiger partial charge on any atom is -0.502 e. The number of hydrogen-bond acceptors (Lipinski definition) is 7. The molecule has 0 atom stereocenters. The maximum absolute atomic E-state index is 12.8. The number of piperazine rings is 1. The Balaban J connectivity index is 0.00000400. The van der Waals surface area contributed by atoms with Crippen LogP contribution in [0.4, 0.5) is 11.4 Å². The third kappa shape index (κ3) is 7.20. The van der Waals surface area contributed by atoms with Gasteiger partial charge in [-0.05, 0) is 73.3 Å². The van der Waals surface area contributed by atoms with Crippen LogP contribution in [-0.4, -0.2) is 61.1 Å². The van der Waals surface area contributed by atoms with Crippen molar-refractivity contribution < 1.29 is 19.4 Å². The maximum atomic E-state index is 12.8. The Bertz CT molecular complexity index is 1230. The molecule has 0 spiro atoms. The van der Waals surface area contributed by atoms with Crippen molar-refractivity contribution in [2.45, 2.75) is 13.8 Å². The van der Waals surface area contributed by atoms with Crippen molar-refractivity contribution in [1.29, 1.82) is 0 Å². The highest BCUT2D eigenvalue weighted by atomic mass is 35.5. The lowest BCUT2D eigenvalue weighted by atomic mass is 10.1. The number of hydrogen-bond donors (Lipinski definition) is 2. The number of nitrogens with two attached hydrogens (primary N) is 1. The lowest BCUT2D eigenvalue weighted by Crippen LogP contribution is -2.48. The fourth-order valence-corrected chi connectivity index (χ4v) is 4.67. The van der Waals surface area contributed by atoms with Gasteiger partial charge in [0.05, 0.1) is 23.8 Å². The number of aromatic hydroxyl groups is 1. The van der Waals surface area contributed by atoms with Crippen LogP contribution < -0.4 is 20.1 Å². The second-order valence-corrected chi connectivity index (χ2v) is 9.32. The van der Waals surface area contributed by atoms with Crippen LogP contribution in [0.1, 0.15) is 24.3 Å². The van der Waals surface area contributed by atoms with Gasteiger partial charge in [-0.25, -0.2) is 4.99 Å². The van der Waals surface area contributed by atoms with Crippen LogP contribution >= 0.6 is 23.7 Å². The zero-order chi connectivity index (χ0) is 26.2. The van der Waals surface area contributed by atoms with E-state index >= 15 is 0 Å². The summed E-state index contributed by atoms with van der Waals surface area (Å²) in [5.41, 5.74) is 8.71. The van der Waals surface area contributed by atoms with Gasteiger partial charge >= 0.3 is 0 Å². The number of ether oxygens (including phenoxy) is 2. The average molecular weight is 557 g/mol. The predicted octanol–water partition coefficient (Wildman–Crippen LogP) is 5.07. The van der Waals surface area contributed by atoms with Gasteiger partial charge < -0.3 is 30.1 Å². The molecule has 1 aromatic heterocycles. The van der Waals surface area contributed by atoms with Crippen molar-refractivity contribution in [1.82, 2.24) is 4.90 Å². The molecular weight excluding hydrogens is 524 g/mol. The van der Waals surface area contributed by atoms with Crippen LogP contribution in [0.2, 0.25) is 0 Å². The van der Waals surface area contributed by atoms with Crippen LogP contribution in [0.5, 0.6) is 17.2 Å². The Morgan fingerprint density at radius 3 is 2.24 bits per heavy atom. The molecule has 0 aliphatic carbocycles. The summed E-state index contributed by atoms with van der Waals surface area (Å²) in [5, 5.41) is 12.3. The number of carbonyl (C=O) groups excluding carboxylic acids is 1. The number of phenolic OH excluding ortho intramolecular Hbond substituents is 1. The van der Waals surface area contributed by atoms with Gasteiger partial charge in [0.1, 0.15) is 5.84 Å². The summed E-state index contributed by atoms with van der Waals surface area (Å²) in [6, 6.07) is 15.3. The number of halogens is 1. The topological polar surface area (TPSA) is 101 Å². The number of nitrogens with zero attached hydrogens (tertiary/aromatic N) is 3. The highest BCUT2D eigenvalue weighted by molar-refractivity contribution is 7.12. The van der Waals surface area contributed by atoms with Gasteiger partial charge in [0.15, 0.2) is 11.5 Å². The van der Waals surface area contributed by atoms with E-state index in [1.807, 2.05) is 60.5 Å². The second-order valence-electron chi connectivity index (χ2n) is 8.37. The van der Waals surface area contributed by atoms with Gasteiger partial charge in [-0.3, -0.25) is 4.79 Å². The molecule has 202 valence electrons. The van der Waals surface area contributed by atoms with Gasteiger partial charge in [0, 0.05) is 37.9 Å². The van der Waals surface area contributed by atoms with Crippen molar-refractivity contribution in [2.75, 3.05) is 44.3 Å². The van der Waals surface area contributed by atoms with Crippen molar-refractivity contribution in [2.24, 2.45) is 10.7 Å². The van der Waals surface area contributed by atoms with Crippen LogP contribution in [-0.2, 0) is 4.79 Å². The number of benzene rings is 2. The number of rotatable bonds is 9. The molecule has 1 aliphatic heterocycles. The number of anilines is 1. The molecule has 2 heterocycles. The van der Waals surface area contributed by atoms with Crippen molar-refractivity contribution in [3.05, 3.63) is 70.4 Å². The minimum atomic E-state index is -0.0580. The molecule has 0 unspecified atom stereocenters. The number of carbonyl (C=O) groups is 1. The van der Waals surface area contributed by atoms with Gasteiger partial charge in [0.25, 0.3) is 0 Å². The Labute approximate surface area is 233 Å². The van der Waals surface area contributed by atoms with E-state index < -0.39 is 0 Å². The molecule has 3 N–H and O–H groups in total. The lowest BCUT2D eigenvalue weighted by Gasteiger charge is -2.35. The first-order valence-electron chi connectivity index (χ1n) is 12.3. The van der Waals surface area contributed by atoms with Crippen LogP contribution in [0.3, 0.4) is 0 Å². The zero-order valence-corrected chi connectivity index (χ0v) is 23.1. The van der Waals surface area contributed by atoms with E-state index in [0.717, 1.165) is 34.9 Å². The first-order valence-corrected chi connectivity index (χ1v) is 13.2. The molecule has 1 saturated heterocycles. The molecule has 3 aromatic rings. The van der Waals surface area contributed by atoms with Crippen molar-refractivity contribution >= 4 is 52.9 Å². The van der Waals surface area contributed by atoms with E-state index in [0.29, 0.717) is 43.6 Å².